The number of rotatable bonds is 3. The van der Waals surface area contributed by atoms with Gasteiger partial charge in [0.15, 0.2) is 0 Å². The van der Waals surface area contributed by atoms with Gasteiger partial charge in [-0.15, -0.1) is 0 Å². The molecule has 0 unspecified atom stereocenters. The van der Waals surface area contributed by atoms with Crippen LogP contribution in [0.15, 0.2) is 91.0 Å². The fourth-order valence-electron chi connectivity index (χ4n) is 2.82. The third-order valence-corrected chi connectivity index (χ3v) is 6.60. The molecule has 2 aliphatic carbocycles. The average Bonchev–Trinajstić information content (AvgIpc) is 3.62. The quantitative estimate of drug-likeness (QED) is 0.141. The van der Waals surface area contributed by atoms with Gasteiger partial charge >= 0.3 is 100 Å². The van der Waals surface area contributed by atoms with Crippen LogP contribution in [0, 0.1) is 64.2 Å². The van der Waals surface area contributed by atoms with Crippen LogP contribution in [0.25, 0.3) is 0 Å². The Bertz CT molecular complexity index is 1020. The molecule has 0 nitrogen and oxygen atoms in total. The number of hydrogen-bond donors (Lipinski definition) is 0. The summed E-state index contributed by atoms with van der Waals surface area (Å²) in [5.41, 5.74) is 0. The van der Waals surface area contributed by atoms with E-state index in [-0.39, 0.29) is 34.1 Å². The molecule has 10 radical (unpaired) electrons. The molecule has 0 aromatic heterocycles. The first kappa shape index (κ1) is 46.3. The molecule has 0 heterocycles. The van der Waals surface area contributed by atoms with Crippen molar-refractivity contribution in [3.63, 3.8) is 0 Å². The summed E-state index contributed by atoms with van der Waals surface area (Å²) in [7, 11) is -21.8. The average molecular weight is 794 g/mol. The minimum atomic E-state index is -10.7. The number of benzene rings is 3. The van der Waals surface area contributed by atoms with Gasteiger partial charge < -0.3 is 0 Å². The van der Waals surface area contributed by atoms with Crippen LogP contribution in [0.1, 0.15) is 0 Å². The molecule has 17 heteroatoms. The van der Waals surface area contributed by atoms with Crippen LogP contribution in [0.2, 0.25) is 0 Å². The van der Waals surface area contributed by atoms with Crippen molar-refractivity contribution < 1.29 is 84.5 Å². The Balaban J connectivity index is 0. The largest absolute Gasteiger partial charge is 2.00 e. The molecule has 3 aromatic carbocycles. The van der Waals surface area contributed by atoms with Gasteiger partial charge in [0.25, 0.3) is 0 Å². The van der Waals surface area contributed by atoms with Crippen LogP contribution in [0.5, 0.6) is 0 Å². The molecule has 0 atom stereocenters. The van der Waals surface area contributed by atoms with Gasteiger partial charge in [-0.3, -0.25) is 0 Å². The Morgan fingerprint density at radius 2 is 0.422 bits per heavy atom. The summed E-state index contributed by atoms with van der Waals surface area (Å²) in [4.78, 5) is 0. The molecule has 0 N–H and O–H groups in total. The van der Waals surface area contributed by atoms with Gasteiger partial charge in [0, 0.05) is 0 Å². The first-order chi connectivity index (χ1) is 19.3. The van der Waals surface area contributed by atoms with Crippen LogP contribution >= 0.6 is 23.5 Å². The van der Waals surface area contributed by atoms with Crippen LogP contribution in [0.3, 0.4) is 0 Å². The van der Waals surface area contributed by atoms with Crippen molar-refractivity contribution in [3.05, 3.63) is 155 Å². The molecule has 250 valence electrons. The van der Waals surface area contributed by atoms with Crippen LogP contribution in [0.4, 0.5) is 50.4 Å². The number of halogens is 12. The summed E-state index contributed by atoms with van der Waals surface area (Å²) < 4.78 is 118. The fourth-order valence-corrected chi connectivity index (χ4v) is 5.13. The molecule has 0 aliphatic heterocycles. The van der Waals surface area contributed by atoms with Crippen molar-refractivity contribution in [3.8, 4) is 0 Å². The van der Waals surface area contributed by atoms with Crippen molar-refractivity contribution in [2.24, 2.45) is 0 Å². The molecular formula is C28H25F12Fe2P3+2. The molecule has 0 bridgehead atoms. The van der Waals surface area contributed by atoms with Crippen molar-refractivity contribution >= 4 is 39.5 Å². The maximum absolute atomic E-state index is 10.7. The second-order valence-electron chi connectivity index (χ2n) is 8.18. The molecule has 2 aliphatic rings. The van der Waals surface area contributed by atoms with Gasteiger partial charge in [-0.05, 0) is 88.0 Å². The van der Waals surface area contributed by atoms with Crippen LogP contribution in [-0.4, -0.2) is 0 Å². The Morgan fingerprint density at radius 3 is 0.556 bits per heavy atom. The monoisotopic (exact) mass is 794 g/mol. The molecule has 3 aromatic rings. The maximum atomic E-state index is 9.87. The summed E-state index contributed by atoms with van der Waals surface area (Å²) in [6.45, 7) is 0. The Morgan fingerprint density at radius 1 is 0.289 bits per heavy atom. The topological polar surface area (TPSA) is 0 Å². The van der Waals surface area contributed by atoms with E-state index >= 15 is 0 Å². The SMILES string of the molecule is F[P-](F)(F)(F)(F)F.F[P-](F)(F)(F)(F)F.[CH]1[CH][CH][CH][CH]1.[CH]1[CH][CH][CH][CH]1.[Fe+2].[Fe+2].c1ccc(P(c2ccccc2)c2ccccc2)cc1. The van der Waals surface area contributed by atoms with E-state index in [1.807, 2.05) is 64.2 Å². The molecule has 2 fully saturated rings. The normalized spacial score (nSPS) is 17.0. The zero-order chi connectivity index (χ0) is 32.8. The fraction of sp³-hybridized carbons (Fsp3) is 0. The molecule has 0 amide bonds. The molecule has 0 spiro atoms. The van der Waals surface area contributed by atoms with Gasteiger partial charge in [-0.2, -0.15) is 0 Å². The number of hydrogen-bond acceptors (Lipinski definition) is 0. The molecule has 2 saturated carbocycles. The summed E-state index contributed by atoms with van der Waals surface area (Å²) in [5.74, 6) is 0. The van der Waals surface area contributed by atoms with E-state index in [0.717, 1.165) is 0 Å². The second-order valence-corrected chi connectivity index (χ2v) is 14.2. The van der Waals surface area contributed by atoms with E-state index in [4.69, 9.17) is 0 Å². The van der Waals surface area contributed by atoms with Crippen molar-refractivity contribution in [1.29, 1.82) is 0 Å². The third kappa shape index (κ3) is 35.8. The van der Waals surface area contributed by atoms with Gasteiger partial charge in [0.05, 0.1) is 0 Å². The first-order valence-corrected chi connectivity index (χ1v) is 17.2. The molecule has 5 rings (SSSR count). The Kier molecular flexibility index (Phi) is 18.0. The van der Waals surface area contributed by atoms with Crippen molar-refractivity contribution in [2.45, 2.75) is 0 Å². The smallest absolute Gasteiger partial charge is 0.0622 e. The van der Waals surface area contributed by atoms with E-state index in [0.29, 0.717) is 0 Å². The van der Waals surface area contributed by atoms with Crippen LogP contribution in [-0.2, 0) is 34.1 Å². The van der Waals surface area contributed by atoms with E-state index < -0.39 is 23.5 Å². The Labute approximate surface area is 278 Å². The molecular weight excluding hydrogens is 769 g/mol. The third-order valence-electron chi connectivity index (χ3n) is 4.15. The predicted octanol–water partition coefficient (Wildman–Crippen LogP) is 12.2. The summed E-state index contributed by atoms with van der Waals surface area (Å²) in [6, 6.07) is 32.3. The minimum absolute atomic E-state index is 0. The van der Waals surface area contributed by atoms with E-state index in [2.05, 4.69) is 91.0 Å². The van der Waals surface area contributed by atoms with E-state index in [1.165, 1.54) is 15.9 Å². The summed E-state index contributed by atoms with van der Waals surface area (Å²) in [6.07, 6.45) is 20.0. The van der Waals surface area contributed by atoms with Crippen LogP contribution < -0.4 is 15.9 Å². The van der Waals surface area contributed by atoms with E-state index in [1.54, 1.807) is 0 Å². The second kappa shape index (κ2) is 17.5. The van der Waals surface area contributed by atoms with Gasteiger partial charge in [0.2, 0.25) is 0 Å². The maximum Gasteiger partial charge on any atom is 2.00 e. The predicted molar refractivity (Wildman–Crippen MR) is 155 cm³/mol. The standard InChI is InChI=1S/C18H15P.2C5H5.2F6P.2Fe/c1-4-10-16(11-5-1)19(17-12-6-2-7-13-17)18-14-8-3-9-15-18;2*1-2-4-5-3-1;2*1-7(2,3,4,5)6;;/h1-15H;2*1-5H;;;;/q;;;2*-1;2*+2. The first-order valence-electron chi connectivity index (χ1n) is 11.8. The molecule has 45 heavy (non-hydrogen) atoms. The van der Waals surface area contributed by atoms with Gasteiger partial charge in [0.1, 0.15) is 0 Å². The zero-order valence-electron chi connectivity index (χ0n) is 22.5. The molecule has 0 saturated heterocycles. The van der Waals surface area contributed by atoms with Crippen molar-refractivity contribution in [2.75, 3.05) is 0 Å². The summed E-state index contributed by atoms with van der Waals surface area (Å²) in [5, 5.41) is 4.19. The Hall–Kier alpha value is -0.851. The van der Waals surface area contributed by atoms with E-state index in [9.17, 15) is 50.4 Å². The zero-order valence-corrected chi connectivity index (χ0v) is 27.4. The van der Waals surface area contributed by atoms with Gasteiger partial charge in [-0.1, -0.05) is 91.0 Å². The van der Waals surface area contributed by atoms with Gasteiger partial charge in [-0.25, -0.2) is 0 Å². The summed E-state index contributed by atoms with van der Waals surface area (Å²) >= 11 is 0. The minimum Gasteiger partial charge on any atom is -0.0622 e. The van der Waals surface area contributed by atoms with Crippen molar-refractivity contribution in [1.82, 2.24) is 0 Å².